The molecule has 0 aromatic heterocycles. The lowest BCUT2D eigenvalue weighted by atomic mass is 9.57. The van der Waals surface area contributed by atoms with Gasteiger partial charge in [0.05, 0.1) is 35.8 Å². The minimum atomic E-state index is -0.651. The van der Waals surface area contributed by atoms with Crippen molar-refractivity contribution in [2.45, 2.75) is 18.8 Å². The predicted octanol–water partition coefficient (Wildman–Crippen LogP) is 1.27. The number of carbonyl (C=O) groups excluding carboxylic acids is 4. The minimum absolute atomic E-state index is 0.0656. The Hall–Kier alpha value is -2.87. The van der Waals surface area contributed by atoms with Gasteiger partial charge in [-0.1, -0.05) is 23.3 Å². The number of ether oxygens (including phenoxy) is 1. The molecule has 1 aromatic rings. The molecule has 2 aliphatic heterocycles. The van der Waals surface area contributed by atoms with Gasteiger partial charge in [-0.15, -0.1) is 0 Å². The molecule has 30 heavy (non-hydrogen) atoms. The van der Waals surface area contributed by atoms with Crippen molar-refractivity contribution in [2.75, 3.05) is 7.11 Å². The fourth-order valence-electron chi connectivity index (χ4n) is 5.71. The number of hydrogen-bond donors (Lipinski definition) is 3. The number of hydrogen-bond acceptors (Lipinski definition) is 6. The number of carbonyl (C=O) groups is 4. The molecule has 9 heteroatoms. The highest BCUT2D eigenvalue weighted by atomic mass is 35.5. The molecule has 3 fully saturated rings. The summed E-state index contributed by atoms with van der Waals surface area (Å²) in [5.74, 6) is -4.53. The molecule has 0 radical (unpaired) electrons. The van der Waals surface area contributed by atoms with E-state index in [0.717, 1.165) is 5.57 Å². The number of phenols is 1. The van der Waals surface area contributed by atoms with Crippen LogP contribution in [0.4, 0.5) is 0 Å². The molecule has 156 valence electrons. The number of rotatable bonds is 2. The maximum absolute atomic E-state index is 12.7. The maximum atomic E-state index is 12.7. The zero-order chi connectivity index (χ0) is 21.3. The predicted molar refractivity (Wildman–Crippen MR) is 103 cm³/mol. The van der Waals surface area contributed by atoms with Gasteiger partial charge < -0.3 is 9.84 Å². The van der Waals surface area contributed by atoms with Crippen LogP contribution >= 0.6 is 11.6 Å². The SMILES string of the molecule is COc1cc([C@H]2C3=CC[C@@H]4C(=O)NC(=O)[C@@H]4[C@@H]3C[C@H]3C(=O)NC(=O)[C@@H]23)cc(Cl)c1O. The van der Waals surface area contributed by atoms with Crippen molar-refractivity contribution in [3.63, 3.8) is 0 Å². The number of aromatic hydroxyl groups is 1. The molecule has 2 aliphatic carbocycles. The van der Waals surface area contributed by atoms with E-state index in [1.165, 1.54) is 7.11 Å². The van der Waals surface area contributed by atoms with Crippen molar-refractivity contribution >= 4 is 35.2 Å². The summed E-state index contributed by atoms with van der Waals surface area (Å²) in [7, 11) is 1.40. The van der Waals surface area contributed by atoms with Gasteiger partial charge in [-0.05, 0) is 36.5 Å². The zero-order valence-corrected chi connectivity index (χ0v) is 16.7. The highest BCUT2D eigenvalue weighted by molar-refractivity contribution is 6.32. The number of methoxy groups -OCH3 is 1. The van der Waals surface area contributed by atoms with Gasteiger partial charge in [0.25, 0.3) is 0 Å². The maximum Gasteiger partial charge on any atom is 0.231 e. The van der Waals surface area contributed by atoms with Crippen LogP contribution in [0, 0.1) is 29.6 Å². The number of fused-ring (bicyclic) bond motifs is 4. The summed E-state index contributed by atoms with van der Waals surface area (Å²) >= 11 is 6.21. The number of amides is 4. The van der Waals surface area contributed by atoms with Crippen LogP contribution in [0.3, 0.4) is 0 Å². The number of halogens is 1. The van der Waals surface area contributed by atoms with Gasteiger partial charge in [0, 0.05) is 5.92 Å². The van der Waals surface area contributed by atoms with Crippen LogP contribution in [0.5, 0.6) is 11.5 Å². The summed E-state index contributed by atoms with van der Waals surface area (Å²) in [6.07, 6.45) is 2.64. The topological polar surface area (TPSA) is 122 Å². The molecule has 2 heterocycles. The number of phenolic OH excluding ortho intramolecular Hbond substituents is 1. The molecular weight excluding hydrogens is 412 g/mol. The van der Waals surface area contributed by atoms with Crippen LogP contribution in [0.1, 0.15) is 24.3 Å². The average molecular weight is 431 g/mol. The van der Waals surface area contributed by atoms with Gasteiger partial charge in [-0.2, -0.15) is 0 Å². The first-order chi connectivity index (χ1) is 14.3. The number of allylic oxidation sites excluding steroid dienone is 2. The summed E-state index contributed by atoms with van der Waals surface area (Å²) < 4.78 is 5.22. The molecule has 0 unspecified atom stereocenters. The standard InChI is InChI=1S/C21H19ClN2O6/c1-30-13-5-7(4-12(22)17(13)25)14-8-2-3-9-15(20(28)23-18(9)26)10(8)6-11-16(14)21(29)24-19(11)27/h2,4-5,9-11,14-16,25H,3,6H2,1H3,(H,23,26,28)(H,24,27,29)/t9-,10+,11+,14-,15-,16+/m0/s1. The Balaban J connectivity index is 1.68. The minimum Gasteiger partial charge on any atom is -0.503 e. The van der Waals surface area contributed by atoms with Crippen LogP contribution in [0.2, 0.25) is 5.02 Å². The summed E-state index contributed by atoms with van der Waals surface area (Å²) in [5.41, 5.74) is 1.48. The molecular formula is C21H19ClN2O6. The third-order valence-corrected chi connectivity index (χ3v) is 7.25. The zero-order valence-electron chi connectivity index (χ0n) is 16.0. The van der Waals surface area contributed by atoms with Crippen LogP contribution in [0.15, 0.2) is 23.8 Å². The highest BCUT2D eigenvalue weighted by Gasteiger charge is 2.58. The van der Waals surface area contributed by atoms with Crippen molar-refractivity contribution in [3.8, 4) is 11.5 Å². The Morgan fingerprint density at radius 2 is 1.63 bits per heavy atom. The Bertz CT molecular complexity index is 1050. The van der Waals surface area contributed by atoms with Gasteiger partial charge >= 0.3 is 0 Å². The van der Waals surface area contributed by atoms with Gasteiger partial charge in [0.1, 0.15) is 0 Å². The number of imide groups is 2. The second kappa shape index (κ2) is 6.57. The average Bonchev–Trinajstić information content (AvgIpc) is 3.17. The molecule has 2 saturated heterocycles. The lowest BCUT2D eigenvalue weighted by Gasteiger charge is -2.44. The van der Waals surface area contributed by atoms with Gasteiger partial charge in [0.2, 0.25) is 23.6 Å². The number of nitrogens with one attached hydrogen (secondary N) is 2. The van der Waals surface area contributed by atoms with Crippen LogP contribution < -0.4 is 15.4 Å². The largest absolute Gasteiger partial charge is 0.503 e. The van der Waals surface area contributed by atoms with E-state index in [1.807, 2.05) is 6.08 Å². The molecule has 4 aliphatic rings. The van der Waals surface area contributed by atoms with Crippen LogP contribution in [-0.4, -0.2) is 35.8 Å². The third-order valence-electron chi connectivity index (χ3n) is 6.96. The van der Waals surface area contributed by atoms with E-state index in [0.29, 0.717) is 18.4 Å². The first-order valence-electron chi connectivity index (χ1n) is 9.77. The van der Waals surface area contributed by atoms with Crippen LogP contribution in [0.25, 0.3) is 0 Å². The molecule has 4 amide bonds. The molecule has 0 bridgehead atoms. The van der Waals surface area contributed by atoms with E-state index in [4.69, 9.17) is 16.3 Å². The van der Waals surface area contributed by atoms with E-state index >= 15 is 0 Å². The summed E-state index contributed by atoms with van der Waals surface area (Å²) in [4.78, 5) is 50.0. The lowest BCUT2D eigenvalue weighted by Crippen LogP contribution is -2.42. The van der Waals surface area contributed by atoms with E-state index in [-0.39, 0.29) is 46.1 Å². The fraction of sp³-hybridized carbons (Fsp3) is 0.429. The monoisotopic (exact) mass is 430 g/mol. The molecule has 6 atom stereocenters. The highest BCUT2D eigenvalue weighted by Crippen LogP contribution is 2.56. The van der Waals surface area contributed by atoms with Crippen LogP contribution in [-0.2, 0) is 19.2 Å². The summed E-state index contributed by atoms with van der Waals surface area (Å²) in [5, 5.41) is 15.0. The first-order valence-corrected chi connectivity index (χ1v) is 10.1. The van der Waals surface area contributed by atoms with E-state index in [9.17, 15) is 24.3 Å². The molecule has 8 nitrogen and oxygen atoms in total. The van der Waals surface area contributed by atoms with Crippen molar-refractivity contribution in [1.82, 2.24) is 10.6 Å². The smallest absolute Gasteiger partial charge is 0.231 e. The molecule has 0 spiro atoms. The van der Waals surface area contributed by atoms with E-state index in [2.05, 4.69) is 10.6 Å². The second-order valence-corrected chi connectivity index (χ2v) is 8.69. The van der Waals surface area contributed by atoms with E-state index in [1.54, 1.807) is 12.1 Å². The Morgan fingerprint density at radius 1 is 0.967 bits per heavy atom. The van der Waals surface area contributed by atoms with Gasteiger partial charge in [0.15, 0.2) is 11.5 Å². The Morgan fingerprint density at radius 3 is 2.33 bits per heavy atom. The van der Waals surface area contributed by atoms with Crippen molar-refractivity contribution in [2.24, 2.45) is 29.6 Å². The normalized spacial score (nSPS) is 34.5. The van der Waals surface area contributed by atoms with Gasteiger partial charge in [-0.25, -0.2) is 0 Å². The lowest BCUT2D eigenvalue weighted by molar-refractivity contribution is -0.128. The third kappa shape index (κ3) is 2.52. The van der Waals surface area contributed by atoms with Gasteiger partial charge in [-0.3, -0.25) is 29.8 Å². The summed E-state index contributed by atoms with van der Waals surface area (Å²) in [6, 6.07) is 3.17. The molecule has 1 saturated carbocycles. The Labute approximate surface area is 176 Å². The first kappa shape index (κ1) is 19.1. The fourth-order valence-corrected chi connectivity index (χ4v) is 5.93. The van der Waals surface area contributed by atoms with Crippen molar-refractivity contribution in [3.05, 3.63) is 34.4 Å². The van der Waals surface area contributed by atoms with Crippen molar-refractivity contribution in [1.29, 1.82) is 0 Å². The number of benzene rings is 1. The Kier molecular flexibility index (Phi) is 4.18. The summed E-state index contributed by atoms with van der Waals surface area (Å²) in [6.45, 7) is 0. The molecule has 3 N–H and O–H groups in total. The van der Waals surface area contributed by atoms with E-state index < -0.39 is 29.6 Å². The molecule has 1 aromatic carbocycles. The molecule has 5 rings (SSSR count). The quantitative estimate of drug-likeness (QED) is 0.479. The van der Waals surface area contributed by atoms with Crippen molar-refractivity contribution < 1.29 is 29.0 Å². The second-order valence-electron chi connectivity index (χ2n) is 8.28.